The maximum atomic E-state index is 5.76. The van der Waals surface area contributed by atoms with Gasteiger partial charge >= 0.3 is 0 Å². The largest absolute Gasteiger partial charge is 0.355 e. The molecule has 0 aromatic heterocycles. The normalized spacial score (nSPS) is 19.2. The summed E-state index contributed by atoms with van der Waals surface area (Å²) in [7, 11) is -0.394. The van der Waals surface area contributed by atoms with Crippen LogP contribution in [0.1, 0.15) is 52.9 Å². The van der Waals surface area contributed by atoms with Crippen molar-refractivity contribution >= 4 is 9.52 Å². The first kappa shape index (κ1) is 15.2. The lowest BCUT2D eigenvalue weighted by molar-refractivity contribution is -0.163. The summed E-state index contributed by atoms with van der Waals surface area (Å²) in [6.07, 6.45) is 8.05. The zero-order valence-corrected chi connectivity index (χ0v) is 13.2. The molecular weight excluding hydrogens is 230 g/mol. The maximum absolute atomic E-state index is 5.76. The number of hydrogen-bond donors (Lipinski definition) is 1. The van der Waals surface area contributed by atoms with Crippen LogP contribution in [0, 0.1) is 0 Å². The summed E-state index contributed by atoms with van der Waals surface area (Å²) in [5, 5.41) is 3.70. The van der Waals surface area contributed by atoms with E-state index in [1.165, 1.54) is 32.1 Å². The third-order valence-electron chi connectivity index (χ3n) is 3.52. The van der Waals surface area contributed by atoms with Crippen molar-refractivity contribution in [1.29, 1.82) is 0 Å². The molecule has 0 saturated heterocycles. The minimum absolute atomic E-state index is 0.273. The van der Waals surface area contributed by atoms with Crippen molar-refractivity contribution < 1.29 is 9.47 Å². The Bertz CT molecular complexity index is 190. The standard InChI is InChI=1S/C13H29NO2Si/c1-4-15-13(3,16-5-2)17-11-14-12-9-7-6-8-10-12/h12,14H,4-11,17H2,1-3H3. The minimum atomic E-state index is -0.394. The molecule has 3 nitrogen and oxygen atoms in total. The summed E-state index contributed by atoms with van der Waals surface area (Å²) in [4.78, 5) is 0. The molecule has 0 bridgehead atoms. The van der Waals surface area contributed by atoms with Gasteiger partial charge in [-0.25, -0.2) is 0 Å². The van der Waals surface area contributed by atoms with Crippen LogP contribution in [-0.2, 0) is 9.47 Å². The smallest absolute Gasteiger partial charge is 0.143 e. The van der Waals surface area contributed by atoms with Gasteiger partial charge in [-0.3, -0.25) is 0 Å². The van der Waals surface area contributed by atoms with E-state index >= 15 is 0 Å². The van der Waals surface area contributed by atoms with Crippen molar-refractivity contribution in [3.63, 3.8) is 0 Å². The highest BCUT2D eigenvalue weighted by Crippen LogP contribution is 2.17. The van der Waals surface area contributed by atoms with Crippen molar-refractivity contribution in [2.24, 2.45) is 0 Å². The Morgan fingerprint density at radius 1 is 1.12 bits per heavy atom. The van der Waals surface area contributed by atoms with Crippen LogP contribution < -0.4 is 5.32 Å². The van der Waals surface area contributed by atoms with Crippen molar-refractivity contribution in [3.05, 3.63) is 0 Å². The molecule has 1 fully saturated rings. The van der Waals surface area contributed by atoms with E-state index in [4.69, 9.17) is 9.47 Å². The lowest BCUT2D eigenvalue weighted by Gasteiger charge is -2.30. The molecular formula is C13H29NO2Si. The van der Waals surface area contributed by atoms with Gasteiger partial charge in [0.25, 0.3) is 0 Å². The molecule has 1 aliphatic carbocycles. The fraction of sp³-hybridized carbons (Fsp3) is 1.00. The van der Waals surface area contributed by atoms with E-state index in [0.29, 0.717) is 0 Å². The average molecular weight is 259 g/mol. The Morgan fingerprint density at radius 2 is 1.71 bits per heavy atom. The summed E-state index contributed by atoms with van der Waals surface area (Å²) in [5.74, 6) is 0. The number of rotatable bonds is 8. The fourth-order valence-corrected chi connectivity index (χ4v) is 4.31. The van der Waals surface area contributed by atoms with E-state index in [1.54, 1.807) is 0 Å². The van der Waals surface area contributed by atoms with Crippen molar-refractivity contribution in [3.8, 4) is 0 Å². The van der Waals surface area contributed by atoms with Crippen molar-refractivity contribution in [1.82, 2.24) is 5.32 Å². The summed E-state index contributed by atoms with van der Waals surface area (Å²) in [6, 6.07) is 0.753. The molecule has 102 valence electrons. The lowest BCUT2D eigenvalue weighted by Crippen LogP contribution is -2.46. The van der Waals surface area contributed by atoms with Gasteiger partial charge in [0.05, 0.1) is 0 Å². The van der Waals surface area contributed by atoms with Gasteiger partial charge in [-0.15, -0.1) is 0 Å². The van der Waals surface area contributed by atoms with Crippen LogP contribution in [-0.4, -0.2) is 40.4 Å². The molecule has 0 unspecified atom stereocenters. The van der Waals surface area contributed by atoms with Crippen LogP contribution in [0.3, 0.4) is 0 Å². The van der Waals surface area contributed by atoms with Gasteiger partial charge in [0.1, 0.15) is 14.9 Å². The van der Waals surface area contributed by atoms with E-state index in [9.17, 15) is 0 Å². The summed E-state index contributed by atoms with van der Waals surface area (Å²) in [5.41, 5.74) is -0.273. The Kier molecular flexibility index (Phi) is 7.35. The van der Waals surface area contributed by atoms with Gasteiger partial charge in [0, 0.05) is 19.3 Å². The van der Waals surface area contributed by atoms with Gasteiger partial charge in [0.15, 0.2) is 0 Å². The third-order valence-corrected chi connectivity index (χ3v) is 5.37. The molecule has 0 aromatic rings. The Balaban J connectivity index is 2.21. The predicted molar refractivity (Wildman–Crippen MR) is 75.1 cm³/mol. The first-order valence-corrected chi connectivity index (χ1v) is 8.92. The van der Waals surface area contributed by atoms with Crippen LogP contribution in [0.2, 0.25) is 0 Å². The topological polar surface area (TPSA) is 30.5 Å². The average Bonchev–Trinajstić information content (AvgIpc) is 2.31. The quantitative estimate of drug-likeness (QED) is 0.532. The predicted octanol–water partition coefficient (Wildman–Crippen LogP) is 1.78. The number of nitrogens with one attached hydrogen (secondary N) is 1. The third kappa shape index (κ3) is 6.00. The molecule has 0 amide bonds. The highest BCUT2D eigenvalue weighted by atomic mass is 28.2. The van der Waals surface area contributed by atoms with E-state index in [0.717, 1.165) is 25.4 Å². The molecule has 1 aliphatic rings. The minimum Gasteiger partial charge on any atom is -0.355 e. The number of ether oxygens (including phenoxy) is 2. The monoisotopic (exact) mass is 259 g/mol. The van der Waals surface area contributed by atoms with E-state index < -0.39 is 9.52 Å². The molecule has 0 aliphatic heterocycles. The number of hydrogen-bond acceptors (Lipinski definition) is 3. The zero-order chi connectivity index (χ0) is 12.6. The van der Waals surface area contributed by atoms with Crippen molar-refractivity contribution in [2.75, 3.05) is 19.4 Å². The summed E-state index contributed by atoms with van der Waals surface area (Å²) >= 11 is 0. The van der Waals surface area contributed by atoms with Gasteiger partial charge in [-0.1, -0.05) is 19.3 Å². The first-order chi connectivity index (χ1) is 8.20. The van der Waals surface area contributed by atoms with Crippen LogP contribution in [0.25, 0.3) is 0 Å². The molecule has 0 radical (unpaired) electrons. The maximum Gasteiger partial charge on any atom is 0.143 e. The molecule has 0 heterocycles. The SMILES string of the molecule is CCOC(C)(OCC)[SiH2]CNC1CCCCC1. The molecule has 0 spiro atoms. The molecule has 0 aromatic carbocycles. The molecule has 0 atom stereocenters. The van der Waals surface area contributed by atoms with Crippen molar-refractivity contribution in [2.45, 2.75) is 64.3 Å². The zero-order valence-electron chi connectivity index (χ0n) is 11.8. The Hall–Kier alpha value is 0.0969. The second-order valence-corrected chi connectivity index (χ2v) is 7.32. The molecule has 1 N–H and O–H groups in total. The second kappa shape index (κ2) is 8.24. The molecule has 1 saturated carbocycles. The highest BCUT2D eigenvalue weighted by Gasteiger charge is 2.25. The van der Waals surface area contributed by atoms with Crippen LogP contribution >= 0.6 is 0 Å². The fourth-order valence-electron chi connectivity index (χ4n) is 2.61. The van der Waals surface area contributed by atoms with Crippen LogP contribution in [0.15, 0.2) is 0 Å². The molecule has 17 heavy (non-hydrogen) atoms. The summed E-state index contributed by atoms with van der Waals surface area (Å²) in [6.45, 7) is 7.68. The van der Waals surface area contributed by atoms with Gasteiger partial charge in [-0.2, -0.15) is 0 Å². The van der Waals surface area contributed by atoms with Gasteiger partial charge in [0.2, 0.25) is 0 Å². The lowest BCUT2D eigenvalue weighted by atomic mass is 9.96. The molecule has 1 rings (SSSR count). The first-order valence-electron chi connectivity index (χ1n) is 7.21. The van der Waals surface area contributed by atoms with Crippen LogP contribution in [0.5, 0.6) is 0 Å². The Morgan fingerprint density at radius 3 is 2.24 bits per heavy atom. The van der Waals surface area contributed by atoms with E-state index in [2.05, 4.69) is 12.2 Å². The molecule has 4 heteroatoms. The van der Waals surface area contributed by atoms with E-state index in [1.807, 2.05) is 13.8 Å². The van der Waals surface area contributed by atoms with E-state index in [-0.39, 0.29) is 5.41 Å². The van der Waals surface area contributed by atoms with Crippen LogP contribution in [0.4, 0.5) is 0 Å². The Labute approximate surface area is 108 Å². The van der Waals surface area contributed by atoms with Gasteiger partial charge in [-0.05, 0) is 39.8 Å². The second-order valence-electron chi connectivity index (χ2n) is 5.04. The summed E-state index contributed by atoms with van der Waals surface area (Å²) < 4.78 is 11.5. The highest BCUT2D eigenvalue weighted by molar-refractivity contribution is 6.39. The van der Waals surface area contributed by atoms with Gasteiger partial charge < -0.3 is 14.8 Å².